The van der Waals surface area contributed by atoms with Crippen molar-refractivity contribution in [2.24, 2.45) is 11.8 Å². The van der Waals surface area contributed by atoms with Crippen LogP contribution >= 0.6 is 0 Å². The smallest absolute Gasteiger partial charge is 0.251 e. The standard InChI is InChI=1S/C28H33FN4O3/c29-22-6-7-23-24(14-22)31-32-27(23)18-9-11-33(12-10-18)16-21-4-2-1-3-20(21)15-30-28(34)19-5-8-25-26(13-19)36-17-35-25/h5-8,13-14,18,20-21H,1-4,9-12,15-17H2,(H,30,34)(H,31,32)/t20-,21-/m0/s1. The lowest BCUT2D eigenvalue weighted by molar-refractivity contribution is 0.0912. The Kier molecular flexibility index (Phi) is 6.52. The van der Waals surface area contributed by atoms with Crippen molar-refractivity contribution < 1.29 is 18.7 Å². The molecule has 2 fully saturated rings. The number of benzene rings is 2. The summed E-state index contributed by atoms with van der Waals surface area (Å²) in [6, 6.07) is 10.2. The molecule has 8 heteroatoms. The van der Waals surface area contributed by atoms with Gasteiger partial charge in [0.25, 0.3) is 5.91 Å². The van der Waals surface area contributed by atoms with E-state index in [-0.39, 0.29) is 18.5 Å². The summed E-state index contributed by atoms with van der Waals surface area (Å²) in [6.07, 6.45) is 7.04. The van der Waals surface area contributed by atoms with Gasteiger partial charge >= 0.3 is 0 Å². The number of likely N-dealkylation sites (tertiary alicyclic amines) is 1. The topological polar surface area (TPSA) is 79.5 Å². The van der Waals surface area contributed by atoms with Gasteiger partial charge in [-0.1, -0.05) is 12.8 Å². The highest BCUT2D eigenvalue weighted by molar-refractivity contribution is 5.94. The number of carbonyl (C=O) groups excluding carboxylic acids is 1. The van der Waals surface area contributed by atoms with Gasteiger partial charge in [0.2, 0.25) is 6.79 Å². The lowest BCUT2D eigenvalue weighted by atomic mass is 9.78. The summed E-state index contributed by atoms with van der Waals surface area (Å²) in [5.74, 6) is 2.56. The molecular weight excluding hydrogens is 459 g/mol. The van der Waals surface area contributed by atoms with E-state index in [2.05, 4.69) is 20.4 Å². The lowest BCUT2D eigenvalue weighted by Gasteiger charge is -2.38. The zero-order valence-electron chi connectivity index (χ0n) is 20.5. The highest BCUT2D eigenvalue weighted by atomic mass is 19.1. The van der Waals surface area contributed by atoms with Crippen molar-refractivity contribution >= 4 is 16.8 Å². The largest absolute Gasteiger partial charge is 0.454 e. The number of H-pyrrole nitrogens is 1. The van der Waals surface area contributed by atoms with E-state index in [0.717, 1.165) is 43.6 Å². The molecule has 0 radical (unpaired) electrons. The van der Waals surface area contributed by atoms with Gasteiger partial charge in [0.15, 0.2) is 11.5 Å². The van der Waals surface area contributed by atoms with Gasteiger partial charge in [-0.3, -0.25) is 9.89 Å². The Morgan fingerprint density at radius 1 is 1.03 bits per heavy atom. The molecule has 1 aromatic heterocycles. The highest BCUT2D eigenvalue weighted by Gasteiger charge is 2.30. The minimum Gasteiger partial charge on any atom is -0.454 e. The summed E-state index contributed by atoms with van der Waals surface area (Å²) in [4.78, 5) is 15.4. The van der Waals surface area contributed by atoms with Crippen molar-refractivity contribution in [3.8, 4) is 11.5 Å². The third-order valence-corrected chi connectivity index (χ3v) is 8.26. The molecule has 36 heavy (non-hydrogen) atoms. The van der Waals surface area contributed by atoms with Crippen LogP contribution in [-0.4, -0.2) is 54.0 Å². The number of amides is 1. The molecule has 1 aliphatic carbocycles. The van der Waals surface area contributed by atoms with Crippen molar-refractivity contribution in [3.05, 3.63) is 53.5 Å². The average Bonchev–Trinajstić information content (AvgIpc) is 3.55. The number of piperidine rings is 1. The second kappa shape index (κ2) is 10.1. The molecule has 190 valence electrons. The molecule has 0 unspecified atom stereocenters. The quantitative estimate of drug-likeness (QED) is 0.515. The number of carbonyl (C=O) groups is 1. The van der Waals surface area contributed by atoms with Crippen molar-refractivity contribution in [3.63, 3.8) is 0 Å². The maximum Gasteiger partial charge on any atom is 0.251 e. The van der Waals surface area contributed by atoms with Gasteiger partial charge in [0.1, 0.15) is 5.82 Å². The van der Waals surface area contributed by atoms with E-state index in [9.17, 15) is 9.18 Å². The molecule has 2 N–H and O–H groups in total. The monoisotopic (exact) mass is 492 g/mol. The molecule has 0 bridgehead atoms. The Morgan fingerprint density at radius 3 is 2.69 bits per heavy atom. The Balaban J connectivity index is 1.02. The van der Waals surface area contributed by atoms with Crippen LogP contribution in [0.3, 0.4) is 0 Å². The second-order valence-electron chi connectivity index (χ2n) is 10.5. The summed E-state index contributed by atoms with van der Waals surface area (Å²) in [7, 11) is 0. The summed E-state index contributed by atoms with van der Waals surface area (Å²) >= 11 is 0. The number of aromatic nitrogens is 2. The zero-order chi connectivity index (χ0) is 24.5. The summed E-state index contributed by atoms with van der Waals surface area (Å²) in [5, 5.41) is 11.7. The fourth-order valence-corrected chi connectivity index (χ4v) is 6.21. The van der Waals surface area contributed by atoms with Crippen molar-refractivity contribution in [1.29, 1.82) is 0 Å². The van der Waals surface area contributed by atoms with Gasteiger partial charge in [0, 0.05) is 41.7 Å². The molecule has 3 aromatic rings. The van der Waals surface area contributed by atoms with E-state index in [1.807, 2.05) is 6.07 Å². The zero-order valence-corrected chi connectivity index (χ0v) is 20.5. The van der Waals surface area contributed by atoms with E-state index in [0.29, 0.717) is 46.9 Å². The molecule has 1 amide bonds. The minimum absolute atomic E-state index is 0.0508. The fraction of sp³-hybridized carbons (Fsp3) is 0.500. The molecular formula is C28H33FN4O3. The third kappa shape index (κ3) is 4.78. The second-order valence-corrected chi connectivity index (χ2v) is 10.5. The molecule has 3 aliphatic rings. The number of hydrogen-bond donors (Lipinski definition) is 2. The minimum atomic E-state index is -0.246. The van der Waals surface area contributed by atoms with Crippen molar-refractivity contribution in [1.82, 2.24) is 20.4 Å². The molecule has 1 saturated carbocycles. The van der Waals surface area contributed by atoms with Crippen LogP contribution in [-0.2, 0) is 0 Å². The number of hydrogen-bond acceptors (Lipinski definition) is 5. The van der Waals surface area contributed by atoms with Gasteiger partial charge in [-0.05, 0) is 80.9 Å². The number of nitrogens with one attached hydrogen (secondary N) is 2. The number of aromatic amines is 1. The molecule has 7 nitrogen and oxygen atoms in total. The summed E-state index contributed by atoms with van der Waals surface area (Å²) in [5.41, 5.74) is 2.47. The highest BCUT2D eigenvalue weighted by Crippen LogP contribution is 2.35. The summed E-state index contributed by atoms with van der Waals surface area (Å²) < 4.78 is 24.3. The third-order valence-electron chi connectivity index (χ3n) is 8.26. The van der Waals surface area contributed by atoms with Crippen LogP contribution in [0.1, 0.15) is 60.5 Å². The molecule has 1 saturated heterocycles. The lowest BCUT2D eigenvalue weighted by Crippen LogP contribution is -2.42. The maximum absolute atomic E-state index is 13.5. The number of rotatable bonds is 6. The molecule has 2 aromatic carbocycles. The van der Waals surface area contributed by atoms with Crippen molar-refractivity contribution in [2.75, 3.05) is 33.0 Å². The van der Waals surface area contributed by atoms with Crippen LogP contribution in [0.2, 0.25) is 0 Å². The first-order chi connectivity index (χ1) is 17.6. The van der Waals surface area contributed by atoms with Gasteiger partial charge in [-0.2, -0.15) is 5.10 Å². The number of nitrogens with zero attached hydrogens (tertiary/aromatic N) is 2. The van der Waals surface area contributed by atoms with Gasteiger partial charge in [0.05, 0.1) is 5.52 Å². The van der Waals surface area contributed by atoms with Crippen LogP contribution in [0.15, 0.2) is 36.4 Å². The van der Waals surface area contributed by atoms with Crippen molar-refractivity contribution in [2.45, 2.75) is 44.4 Å². The van der Waals surface area contributed by atoms with E-state index in [4.69, 9.17) is 9.47 Å². The van der Waals surface area contributed by atoms with Gasteiger partial charge in [-0.15, -0.1) is 0 Å². The van der Waals surface area contributed by atoms with E-state index >= 15 is 0 Å². The fourth-order valence-electron chi connectivity index (χ4n) is 6.21. The molecule has 6 rings (SSSR count). The Labute approximate surface area is 210 Å². The Hall–Kier alpha value is -3.13. The number of halogens is 1. The molecule has 3 heterocycles. The SMILES string of the molecule is O=C(NC[C@@H]1CCCC[C@H]1CN1CCC(c2[nH]nc3cc(F)ccc23)CC1)c1ccc2c(c1)OCO2. The van der Waals surface area contributed by atoms with E-state index in [1.54, 1.807) is 18.2 Å². The predicted molar refractivity (Wildman–Crippen MR) is 135 cm³/mol. The number of ether oxygens (including phenoxy) is 2. The molecule has 2 atom stereocenters. The predicted octanol–water partition coefficient (Wildman–Crippen LogP) is 4.85. The van der Waals surface area contributed by atoms with E-state index < -0.39 is 0 Å². The maximum atomic E-state index is 13.5. The van der Waals surface area contributed by atoms with E-state index in [1.165, 1.54) is 37.8 Å². The number of fused-ring (bicyclic) bond motifs is 2. The van der Waals surface area contributed by atoms with Gasteiger partial charge in [-0.25, -0.2) is 4.39 Å². The first kappa shape index (κ1) is 23.3. The van der Waals surface area contributed by atoms with Gasteiger partial charge < -0.3 is 19.7 Å². The Bertz CT molecular complexity index is 1240. The van der Waals surface area contributed by atoms with Crippen LogP contribution < -0.4 is 14.8 Å². The normalized spacial score (nSPS) is 22.7. The summed E-state index contributed by atoms with van der Waals surface area (Å²) in [6.45, 7) is 4.12. The first-order valence-electron chi connectivity index (χ1n) is 13.2. The molecule has 0 spiro atoms. The molecule has 2 aliphatic heterocycles. The van der Waals surface area contributed by atoms with Crippen LogP contribution in [0.4, 0.5) is 4.39 Å². The van der Waals surface area contributed by atoms with Crippen LogP contribution in [0.5, 0.6) is 11.5 Å². The first-order valence-corrected chi connectivity index (χ1v) is 13.2. The van der Waals surface area contributed by atoms with Crippen LogP contribution in [0.25, 0.3) is 10.9 Å². The Morgan fingerprint density at radius 2 is 1.83 bits per heavy atom. The average molecular weight is 493 g/mol. The van der Waals surface area contributed by atoms with Crippen LogP contribution in [0, 0.1) is 17.7 Å².